The second-order valence-electron chi connectivity index (χ2n) is 5.11. The third-order valence-electron chi connectivity index (χ3n) is 3.09. The number of phenolic OH excluding ortho intramolecular Hbond substituents is 1. The number of hydrogen-bond acceptors (Lipinski definition) is 6. The molecule has 0 saturated heterocycles. The van der Waals surface area contributed by atoms with E-state index in [1.54, 1.807) is 12.1 Å². The average molecular weight is 352 g/mol. The first-order valence-electron chi connectivity index (χ1n) is 7.38. The summed E-state index contributed by atoms with van der Waals surface area (Å²) >= 11 is 0. The monoisotopic (exact) mass is 352 g/mol. The third-order valence-corrected chi connectivity index (χ3v) is 3.09. The Morgan fingerprint density at radius 2 is 1.96 bits per heavy atom. The molecule has 0 heterocycles. The van der Waals surface area contributed by atoms with Crippen LogP contribution in [0.3, 0.4) is 0 Å². The second-order valence-corrected chi connectivity index (χ2v) is 5.11. The fraction of sp³-hybridized carbons (Fsp3) is 0.357. The highest BCUT2D eigenvalue weighted by molar-refractivity contribution is 5.99. The number of nitrogens with two attached hydrogens (primary N) is 2. The number of aromatic hydroxyl groups is 1. The molecule has 0 aliphatic rings. The number of hydrogen-bond donors (Lipinski definition) is 5. The molecule has 136 valence electrons. The molecule has 0 aliphatic heterocycles. The largest absolute Gasteiger partial charge is 0.508 e. The molecule has 7 N–H and O–H groups in total. The molecule has 0 unspecified atom stereocenters. The number of amides is 2. The van der Waals surface area contributed by atoms with Crippen LogP contribution in [0.4, 0.5) is 0 Å². The highest BCUT2D eigenvalue weighted by atomic mass is 16.7. The van der Waals surface area contributed by atoms with Gasteiger partial charge in [-0.2, -0.15) is 0 Å². The van der Waals surface area contributed by atoms with Crippen molar-refractivity contribution in [2.24, 2.45) is 16.6 Å². The molecule has 2 amide bonds. The predicted octanol–water partition coefficient (Wildman–Crippen LogP) is -1.22. The predicted molar refractivity (Wildman–Crippen MR) is 88.8 cm³/mol. The Hall–Kier alpha value is -3.21. The zero-order valence-electron chi connectivity index (χ0n) is 13.3. The fourth-order valence-corrected chi connectivity index (χ4v) is 1.96. The van der Waals surface area contributed by atoms with Gasteiger partial charge in [0.25, 0.3) is 5.96 Å². The number of nitro groups is 1. The van der Waals surface area contributed by atoms with Crippen LogP contribution in [0.15, 0.2) is 29.4 Å². The number of nitrogens with one attached hydrogen (secondary N) is 2. The summed E-state index contributed by atoms with van der Waals surface area (Å²) in [5.41, 5.74) is 11.3. The van der Waals surface area contributed by atoms with E-state index in [1.807, 2.05) is 0 Å². The van der Waals surface area contributed by atoms with E-state index in [-0.39, 0.29) is 18.6 Å². The number of guanidine groups is 1. The molecular formula is C14H20N6O5. The minimum atomic E-state index is -1.05. The second kappa shape index (κ2) is 9.82. The van der Waals surface area contributed by atoms with Crippen molar-refractivity contribution in [1.82, 2.24) is 10.6 Å². The van der Waals surface area contributed by atoms with Crippen molar-refractivity contribution in [3.05, 3.63) is 39.9 Å². The Kier molecular flexibility index (Phi) is 7.79. The lowest BCUT2D eigenvalue weighted by Crippen LogP contribution is -2.50. The summed E-state index contributed by atoms with van der Waals surface area (Å²) in [6.07, 6.45) is 0.671. The normalized spacial score (nSPS) is 12.3. The molecule has 25 heavy (non-hydrogen) atoms. The van der Waals surface area contributed by atoms with Crippen molar-refractivity contribution in [2.75, 3.05) is 6.54 Å². The zero-order chi connectivity index (χ0) is 18.8. The Balaban J connectivity index is 2.70. The van der Waals surface area contributed by atoms with E-state index in [0.29, 0.717) is 18.5 Å². The lowest BCUT2D eigenvalue weighted by Gasteiger charge is -2.17. The van der Waals surface area contributed by atoms with Gasteiger partial charge in [0.2, 0.25) is 11.8 Å². The summed E-state index contributed by atoms with van der Waals surface area (Å²) in [5, 5.41) is 25.7. The highest BCUT2D eigenvalue weighted by Gasteiger charge is 2.21. The van der Waals surface area contributed by atoms with Gasteiger partial charge in [-0.1, -0.05) is 12.1 Å². The molecule has 11 nitrogen and oxygen atoms in total. The first-order chi connectivity index (χ1) is 11.8. The number of phenols is 1. The average Bonchev–Trinajstić information content (AvgIpc) is 2.52. The van der Waals surface area contributed by atoms with Crippen LogP contribution in [0, 0.1) is 10.1 Å². The molecule has 0 radical (unpaired) electrons. The quantitative estimate of drug-likeness (QED) is 0.168. The summed E-state index contributed by atoms with van der Waals surface area (Å²) < 4.78 is 0. The Morgan fingerprint density at radius 3 is 2.52 bits per heavy atom. The Labute approximate surface area is 143 Å². The van der Waals surface area contributed by atoms with Crippen LogP contribution in [-0.4, -0.2) is 40.5 Å². The van der Waals surface area contributed by atoms with Crippen molar-refractivity contribution >= 4 is 17.8 Å². The fourth-order valence-electron chi connectivity index (χ4n) is 1.96. The summed E-state index contributed by atoms with van der Waals surface area (Å²) in [7, 11) is 0. The summed E-state index contributed by atoms with van der Waals surface area (Å²) in [6, 6.07) is 5.07. The van der Waals surface area contributed by atoms with E-state index in [2.05, 4.69) is 15.7 Å². The Bertz CT molecular complexity index is 646. The molecule has 0 spiro atoms. The smallest absolute Gasteiger partial charge is 0.272 e. The molecule has 1 aromatic rings. The molecule has 0 aliphatic carbocycles. The van der Waals surface area contributed by atoms with E-state index in [1.165, 1.54) is 12.1 Å². The maximum atomic E-state index is 12.1. The van der Waals surface area contributed by atoms with Crippen LogP contribution in [-0.2, 0) is 16.0 Å². The van der Waals surface area contributed by atoms with Crippen LogP contribution >= 0.6 is 0 Å². The lowest BCUT2D eigenvalue weighted by molar-refractivity contribution is -0.485. The van der Waals surface area contributed by atoms with Gasteiger partial charge in [-0.25, -0.2) is 10.1 Å². The topological polar surface area (TPSA) is 186 Å². The van der Waals surface area contributed by atoms with E-state index in [4.69, 9.17) is 11.5 Å². The lowest BCUT2D eigenvalue weighted by atomic mass is 10.1. The van der Waals surface area contributed by atoms with Gasteiger partial charge in [0.05, 0.1) is 6.42 Å². The van der Waals surface area contributed by atoms with Crippen molar-refractivity contribution in [3.8, 4) is 5.75 Å². The van der Waals surface area contributed by atoms with Crippen LogP contribution in [0.5, 0.6) is 5.75 Å². The first kappa shape index (κ1) is 19.8. The number of carbonyl (C=O) groups excluding carboxylic acids is 2. The minimum absolute atomic E-state index is 0.00878. The third kappa shape index (κ3) is 7.74. The number of carbonyl (C=O) groups is 2. The summed E-state index contributed by atoms with van der Waals surface area (Å²) in [4.78, 5) is 34.4. The van der Waals surface area contributed by atoms with Gasteiger partial charge in [-0.3, -0.25) is 14.9 Å². The molecule has 0 bridgehead atoms. The highest BCUT2D eigenvalue weighted by Crippen LogP contribution is 2.10. The summed E-state index contributed by atoms with van der Waals surface area (Å²) in [5.74, 6) is -1.77. The molecule has 0 aromatic heterocycles. The van der Waals surface area contributed by atoms with Crippen molar-refractivity contribution in [2.45, 2.75) is 25.3 Å². The SMILES string of the molecule is NCCC[C@H](NC(=O)Cc1ccc(O)cc1)C(=O)NC(N)=N[N+](=O)[O-]. The van der Waals surface area contributed by atoms with Gasteiger partial charge in [0, 0.05) is 0 Å². The number of hydrazone groups is 1. The van der Waals surface area contributed by atoms with Gasteiger partial charge in [-0.05, 0) is 37.1 Å². The number of nitrogens with zero attached hydrogens (tertiary/aromatic N) is 2. The van der Waals surface area contributed by atoms with E-state index >= 15 is 0 Å². The van der Waals surface area contributed by atoms with Crippen molar-refractivity contribution in [1.29, 1.82) is 0 Å². The van der Waals surface area contributed by atoms with Crippen LogP contribution in [0.2, 0.25) is 0 Å². The molecule has 0 saturated carbocycles. The van der Waals surface area contributed by atoms with E-state index in [9.17, 15) is 24.8 Å². The van der Waals surface area contributed by atoms with Gasteiger partial charge in [0.1, 0.15) is 16.9 Å². The molecule has 1 atom stereocenters. The molecule has 1 rings (SSSR count). The van der Waals surface area contributed by atoms with Crippen LogP contribution in [0.1, 0.15) is 18.4 Å². The first-order valence-corrected chi connectivity index (χ1v) is 7.38. The summed E-state index contributed by atoms with van der Waals surface area (Å²) in [6.45, 7) is 0.302. The standard InChI is InChI=1S/C14H20N6O5/c15-7-1-2-11(13(23)18-14(16)19-20(24)25)17-12(22)8-9-3-5-10(21)6-4-9/h3-6,11,21H,1-2,7-8,15H2,(H,17,22)(H3,16,18,19,23)/t11-/m0/s1. The van der Waals surface area contributed by atoms with Gasteiger partial charge in [0.15, 0.2) is 5.03 Å². The van der Waals surface area contributed by atoms with Crippen molar-refractivity contribution in [3.63, 3.8) is 0 Å². The minimum Gasteiger partial charge on any atom is -0.508 e. The molecule has 11 heteroatoms. The maximum Gasteiger partial charge on any atom is 0.272 e. The van der Waals surface area contributed by atoms with Gasteiger partial charge >= 0.3 is 0 Å². The zero-order valence-corrected chi connectivity index (χ0v) is 13.3. The van der Waals surface area contributed by atoms with E-state index < -0.39 is 28.8 Å². The van der Waals surface area contributed by atoms with Gasteiger partial charge in [-0.15, -0.1) is 0 Å². The van der Waals surface area contributed by atoms with Crippen molar-refractivity contribution < 1.29 is 19.7 Å². The Morgan fingerprint density at radius 1 is 1.32 bits per heavy atom. The van der Waals surface area contributed by atoms with Gasteiger partial charge < -0.3 is 21.9 Å². The number of benzene rings is 1. The maximum absolute atomic E-state index is 12.1. The molecule has 1 aromatic carbocycles. The molecular weight excluding hydrogens is 332 g/mol. The number of rotatable bonds is 8. The van der Waals surface area contributed by atoms with Crippen LogP contribution < -0.4 is 22.1 Å². The van der Waals surface area contributed by atoms with E-state index in [0.717, 1.165) is 0 Å². The van der Waals surface area contributed by atoms with Crippen LogP contribution in [0.25, 0.3) is 0 Å². The molecule has 0 fully saturated rings.